The third-order valence-corrected chi connectivity index (χ3v) is 10.8. The average Bonchev–Trinajstić information content (AvgIpc) is 2.90. The predicted molar refractivity (Wildman–Crippen MR) is 121 cm³/mol. The Bertz CT molecular complexity index is 856. The van der Waals surface area contributed by atoms with Crippen molar-refractivity contribution in [1.29, 1.82) is 5.26 Å². The molecule has 1 unspecified atom stereocenters. The lowest BCUT2D eigenvalue weighted by Crippen LogP contribution is -2.41. The summed E-state index contributed by atoms with van der Waals surface area (Å²) >= 11 is 3.59. The number of fused-ring (bicyclic) bond motifs is 1. The smallest absolute Gasteiger partial charge is 0.191 e. The summed E-state index contributed by atoms with van der Waals surface area (Å²) in [5.41, 5.74) is 1.81. The summed E-state index contributed by atoms with van der Waals surface area (Å²) in [4.78, 5) is 0. The molecule has 5 heteroatoms. The molecular formula is C22H33BrN2OSi. The minimum Gasteiger partial charge on any atom is -0.417 e. The van der Waals surface area contributed by atoms with E-state index in [1.165, 1.54) is 10.9 Å². The second kappa shape index (κ2) is 7.73. The fourth-order valence-electron chi connectivity index (χ4n) is 2.95. The molecule has 3 nitrogen and oxygen atoms in total. The van der Waals surface area contributed by atoms with Crippen LogP contribution in [0.25, 0.3) is 10.9 Å². The predicted octanol–water partition coefficient (Wildman–Crippen LogP) is 6.86. The van der Waals surface area contributed by atoms with E-state index in [2.05, 4.69) is 85.7 Å². The first-order valence-electron chi connectivity index (χ1n) is 9.63. The fraction of sp³-hybridized carbons (Fsp3) is 0.591. The summed E-state index contributed by atoms with van der Waals surface area (Å²) in [6.45, 7) is 18.4. The van der Waals surface area contributed by atoms with Gasteiger partial charge in [0.2, 0.25) is 0 Å². The van der Waals surface area contributed by atoms with Gasteiger partial charge in [0, 0.05) is 28.2 Å². The van der Waals surface area contributed by atoms with E-state index in [-0.39, 0.29) is 5.04 Å². The van der Waals surface area contributed by atoms with E-state index in [0.29, 0.717) is 5.92 Å². The zero-order valence-corrected chi connectivity index (χ0v) is 20.6. The van der Waals surface area contributed by atoms with Gasteiger partial charge in [0.1, 0.15) is 5.54 Å². The number of halogens is 1. The van der Waals surface area contributed by atoms with Gasteiger partial charge in [-0.1, -0.05) is 43.6 Å². The summed E-state index contributed by atoms with van der Waals surface area (Å²) in [6.07, 6.45) is 3.10. The number of hydrogen-bond acceptors (Lipinski definition) is 2. The Morgan fingerprint density at radius 1 is 1.22 bits per heavy atom. The van der Waals surface area contributed by atoms with E-state index >= 15 is 0 Å². The molecule has 0 aliphatic heterocycles. The lowest BCUT2D eigenvalue weighted by Gasteiger charge is -2.37. The van der Waals surface area contributed by atoms with Crippen LogP contribution in [-0.2, 0) is 16.4 Å². The van der Waals surface area contributed by atoms with Gasteiger partial charge < -0.3 is 8.99 Å². The second-order valence-corrected chi connectivity index (χ2v) is 15.5. The van der Waals surface area contributed by atoms with Crippen LogP contribution in [0, 0.1) is 17.2 Å². The molecule has 0 fully saturated rings. The third kappa shape index (κ3) is 4.85. The Hall–Kier alpha value is -1.09. The Kier molecular flexibility index (Phi) is 6.36. The van der Waals surface area contributed by atoms with Gasteiger partial charge in [-0.2, -0.15) is 5.26 Å². The first-order valence-corrected chi connectivity index (χ1v) is 13.3. The molecule has 1 heterocycles. The molecule has 0 aliphatic rings. The minimum atomic E-state index is -1.73. The molecule has 2 rings (SSSR count). The van der Waals surface area contributed by atoms with Gasteiger partial charge in [-0.25, -0.2) is 0 Å². The summed E-state index contributed by atoms with van der Waals surface area (Å²) in [6, 6.07) is 8.73. The van der Waals surface area contributed by atoms with Crippen LogP contribution in [0.3, 0.4) is 0 Å². The van der Waals surface area contributed by atoms with E-state index in [1.807, 2.05) is 19.9 Å². The molecule has 0 bridgehead atoms. The highest BCUT2D eigenvalue weighted by molar-refractivity contribution is 9.10. The van der Waals surface area contributed by atoms with Crippen molar-refractivity contribution in [2.24, 2.45) is 5.92 Å². The van der Waals surface area contributed by atoms with E-state index in [0.717, 1.165) is 23.0 Å². The van der Waals surface area contributed by atoms with Crippen molar-refractivity contribution in [3.05, 3.63) is 34.4 Å². The topological polar surface area (TPSA) is 38.0 Å². The van der Waals surface area contributed by atoms with Crippen molar-refractivity contribution in [1.82, 2.24) is 4.57 Å². The van der Waals surface area contributed by atoms with Crippen molar-refractivity contribution < 1.29 is 4.43 Å². The van der Waals surface area contributed by atoms with Crippen LogP contribution >= 0.6 is 15.9 Å². The molecular weight excluding hydrogens is 416 g/mol. The quantitative estimate of drug-likeness (QED) is 0.452. The molecule has 0 saturated carbocycles. The van der Waals surface area contributed by atoms with Crippen LogP contribution in [0.1, 0.15) is 47.1 Å². The first-order chi connectivity index (χ1) is 12.3. The Morgan fingerprint density at radius 3 is 2.41 bits per heavy atom. The molecule has 27 heavy (non-hydrogen) atoms. The lowest BCUT2D eigenvalue weighted by atomic mass is 10.0. The molecule has 1 aromatic carbocycles. The molecule has 0 amide bonds. The van der Waals surface area contributed by atoms with Crippen molar-refractivity contribution in [3.8, 4) is 6.07 Å². The van der Waals surface area contributed by atoms with E-state index in [4.69, 9.17) is 4.43 Å². The molecule has 1 aromatic heterocycles. The van der Waals surface area contributed by atoms with Crippen LogP contribution in [0.5, 0.6) is 0 Å². The van der Waals surface area contributed by atoms with Gasteiger partial charge in [-0.3, -0.25) is 0 Å². The Labute approximate surface area is 174 Å². The van der Waals surface area contributed by atoms with Gasteiger partial charge in [-0.15, -0.1) is 0 Å². The summed E-state index contributed by atoms with van der Waals surface area (Å²) in [7, 11) is -1.73. The monoisotopic (exact) mass is 448 g/mol. The Balaban J connectivity index is 2.29. The van der Waals surface area contributed by atoms with Crippen LogP contribution in [-0.4, -0.2) is 19.5 Å². The summed E-state index contributed by atoms with van der Waals surface area (Å²) in [5, 5.41) is 11.0. The highest BCUT2D eigenvalue weighted by Crippen LogP contribution is 2.37. The molecule has 148 valence electrons. The SMILES string of the molecule is CC(CO[Si](C)(C)C(C)(C)C)Cc1cn(C(C)(C)C#N)c2ccc(Br)cc12. The average molecular weight is 450 g/mol. The number of rotatable bonds is 6. The second-order valence-electron chi connectivity index (χ2n) is 9.74. The van der Waals surface area contributed by atoms with Gasteiger partial charge >= 0.3 is 0 Å². The highest BCUT2D eigenvalue weighted by Gasteiger charge is 2.37. The van der Waals surface area contributed by atoms with Crippen molar-refractivity contribution in [2.45, 2.75) is 71.6 Å². The summed E-state index contributed by atoms with van der Waals surface area (Å²) in [5.74, 6) is 0.419. The maximum Gasteiger partial charge on any atom is 0.191 e. The maximum absolute atomic E-state index is 9.61. The van der Waals surface area contributed by atoms with E-state index < -0.39 is 13.9 Å². The number of nitrogens with zero attached hydrogens (tertiary/aromatic N) is 2. The van der Waals surface area contributed by atoms with E-state index in [9.17, 15) is 5.26 Å². The van der Waals surface area contributed by atoms with Crippen molar-refractivity contribution >= 4 is 35.2 Å². The van der Waals surface area contributed by atoms with Gasteiger partial charge in [-0.05, 0) is 68.1 Å². The third-order valence-electron chi connectivity index (χ3n) is 5.83. The number of aromatic nitrogens is 1. The maximum atomic E-state index is 9.61. The van der Waals surface area contributed by atoms with Crippen LogP contribution in [0.15, 0.2) is 28.9 Å². The van der Waals surface area contributed by atoms with Crippen molar-refractivity contribution in [3.63, 3.8) is 0 Å². The highest BCUT2D eigenvalue weighted by atomic mass is 79.9. The molecule has 1 atom stereocenters. The molecule has 0 spiro atoms. The normalized spacial score (nSPS) is 14.4. The van der Waals surface area contributed by atoms with Crippen molar-refractivity contribution in [2.75, 3.05) is 6.61 Å². The number of benzene rings is 1. The first kappa shape index (κ1) is 22.2. The van der Waals surface area contributed by atoms with Crippen LogP contribution in [0.2, 0.25) is 18.1 Å². The standard InChI is InChI=1S/C22H33BrN2OSi/c1-16(14-26-27(7,8)21(2,3)4)11-17-13-25(22(5,6)15-24)20-10-9-18(23)12-19(17)20/h9-10,12-13,16H,11,14H2,1-8H3. The van der Waals surface area contributed by atoms with Gasteiger partial charge in [0.05, 0.1) is 6.07 Å². The number of nitriles is 1. The molecule has 0 aliphatic carbocycles. The number of hydrogen-bond donors (Lipinski definition) is 0. The summed E-state index contributed by atoms with van der Waals surface area (Å²) < 4.78 is 9.60. The fourth-order valence-corrected chi connectivity index (χ4v) is 4.45. The minimum absolute atomic E-state index is 0.227. The molecule has 0 radical (unpaired) electrons. The molecule has 0 saturated heterocycles. The largest absolute Gasteiger partial charge is 0.417 e. The lowest BCUT2D eigenvalue weighted by molar-refractivity contribution is 0.237. The van der Waals surface area contributed by atoms with Crippen LogP contribution < -0.4 is 0 Å². The van der Waals surface area contributed by atoms with E-state index in [1.54, 1.807) is 0 Å². The molecule has 0 N–H and O–H groups in total. The zero-order valence-electron chi connectivity index (χ0n) is 18.0. The van der Waals surface area contributed by atoms with Crippen LogP contribution in [0.4, 0.5) is 0 Å². The van der Waals surface area contributed by atoms with Gasteiger partial charge in [0.25, 0.3) is 0 Å². The molecule has 2 aromatic rings. The Morgan fingerprint density at radius 2 is 1.85 bits per heavy atom. The zero-order chi connectivity index (χ0) is 20.6. The van der Waals surface area contributed by atoms with Gasteiger partial charge in [0.15, 0.2) is 8.32 Å².